The van der Waals surface area contributed by atoms with Gasteiger partial charge in [-0.25, -0.2) is 0 Å². The number of halogens is 1. The van der Waals surface area contributed by atoms with Crippen molar-refractivity contribution in [2.45, 2.75) is 6.92 Å². The molecule has 0 unspecified atom stereocenters. The molecule has 0 N–H and O–H groups in total. The fourth-order valence-electron chi connectivity index (χ4n) is 0. The van der Waals surface area contributed by atoms with E-state index in [-0.39, 0.29) is 25.9 Å². The smallest absolute Gasteiger partial charge is 1.00 e. The molecule has 0 aliphatic carbocycles. The largest absolute Gasteiger partial charge is 2.00 e. The first-order chi connectivity index (χ1) is 1.91. The first kappa shape index (κ1) is 9.25. The van der Waals surface area contributed by atoms with Crippen LogP contribution in [0.15, 0.2) is 11.6 Å². The number of hydrogen-bond acceptors (Lipinski definition) is 0. The Bertz CT molecular complexity index is 28.1. The standard InChI is InChI=1S/C3H5Cl.Mg.2H/c1-2-3-4;;;/h2-3H,1H3;;;/q;+2;2*-1. The van der Waals surface area contributed by atoms with Gasteiger partial charge in [-0.1, -0.05) is 17.7 Å². The summed E-state index contributed by atoms with van der Waals surface area (Å²) >= 11 is 5.01. The molecule has 0 aromatic rings. The van der Waals surface area contributed by atoms with E-state index in [9.17, 15) is 0 Å². The number of allylic oxidation sites excluding steroid dienone is 1. The van der Waals surface area contributed by atoms with E-state index in [1.54, 1.807) is 6.08 Å². The van der Waals surface area contributed by atoms with Gasteiger partial charge in [0, 0.05) is 0 Å². The maximum atomic E-state index is 5.01. The molecule has 0 aromatic heterocycles. The van der Waals surface area contributed by atoms with Crippen molar-refractivity contribution in [1.29, 1.82) is 0 Å². The quantitative estimate of drug-likeness (QED) is 0.408. The fraction of sp³-hybridized carbons (Fsp3) is 0.333. The van der Waals surface area contributed by atoms with Gasteiger partial charge in [-0.15, -0.1) is 0 Å². The van der Waals surface area contributed by atoms with E-state index in [4.69, 9.17) is 11.6 Å². The van der Waals surface area contributed by atoms with Gasteiger partial charge in [0.1, 0.15) is 0 Å². The average molecular weight is 103 g/mol. The number of rotatable bonds is 0. The molecule has 0 saturated carbocycles. The predicted molar refractivity (Wildman–Crippen MR) is 28.6 cm³/mol. The zero-order valence-electron chi connectivity index (χ0n) is 5.24. The third kappa shape index (κ3) is 11.6. The second-order valence-electron chi connectivity index (χ2n) is 0.459. The molecule has 0 rings (SSSR count). The van der Waals surface area contributed by atoms with Crippen LogP contribution in [0.1, 0.15) is 9.78 Å². The van der Waals surface area contributed by atoms with E-state index < -0.39 is 0 Å². The van der Waals surface area contributed by atoms with Crippen LogP contribution in [0.5, 0.6) is 0 Å². The molecule has 5 heavy (non-hydrogen) atoms. The summed E-state index contributed by atoms with van der Waals surface area (Å²) in [6, 6.07) is 0. The van der Waals surface area contributed by atoms with Crippen LogP contribution in [0.2, 0.25) is 0 Å². The summed E-state index contributed by atoms with van der Waals surface area (Å²) in [7, 11) is 0. The minimum atomic E-state index is 0. The van der Waals surface area contributed by atoms with Crippen LogP contribution in [-0.4, -0.2) is 23.1 Å². The first-order valence-corrected chi connectivity index (χ1v) is 1.57. The van der Waals surface area contributed by atoms with E-state index in [2.05, 4.69) is 0 Å². The molecule has 0 fully saturated rings. The van der Waals surface area contributed by atoms with Crippen LogP contribution in [0, 0.1) is 0 Å². The van der Waals surface area contributed by atoms with Gasteiger partial charge in [-0.05, 0) is 12.5 Å². The van der Waals surface area contributed by atoms with Crippen LogP contribution in [0.25, 0.3) is 0 Å². The topological polar surface area (TPSA) is 0 Å². The summed E-state index contributed by atoms with van der Waals surface area (Å²) in [6.07, 6.45) is 1.77. The van der Waals surface area contributed by atoms with E-state index in [1.807, 2.05) is 6.92 Å². The van der Waals surface area contributed by atoms with Gasteiger partial charge in [0.25, 0.3) is 0 Å². The Hall–Kier alpha value is 0.796. The molecule has 0 heterocycles. The van der Waals surface area contributed by atoms with Crippen molar-refractivity contribution in [3.8, 4) is 0 Å². The fourth-order valence-corrected chi connectivity index (χ4v) is 0. The van der Waals surface area contributed by atoms with Gasteiger partial charge in [-0.2, -0.15) is 0 Å². The Morgan fingerprint density at radius 1 is 1.80 bits per heavy atom. The molecule has 0 bridgehead atoms. The van der Waals surface area contributed by atoms with Crippen LogP contribution in [0.4, 0.5) is 0 Å². The van der Waals surface area contributed by atoms with Crippen LogP contribution in [0.3, 0.4) is 0 Å². The van der Waals surface area contributed by atoms with Gasteiger partial charge in [0.2, 0.25) is 0 Å². The van der Waals surface area contributed by atoms with Crippen molar-refractivity contribution in [1.82, 2.24) is 0 Å². The summed E-state index contributed by atoms with van der Waals surface area (Å²) in [4.78, 5) is 0. The van der Waals surface area contributed by atoms with E-state index >= 15 is 0 Å². The van der Waals surface area contributed by atoms with E-state index in [0.717, 1.165) is 0 Å². The van der Waals surface area contributed by atoms with Gasteiger partial charge >= 0.3 is 23.1 Å². The van der Waals surface area contributed by atoms with Gasteiger partial charge in [0.15, 0.2) is 0 Å². The summed E-state index contributed by atoms with van der Waals surface area (Å²) < 4.78 is 0. The van der Waals surface area contributed by atoms with Crippen LogP contribution < -0.4 is 0 Å². The second-order valence-corrected chi connectivity index (χ2v) is 0.711. The SMILES string of the molecule is CC=CCl.[H-].[H-].[Mg+2]. The Morgan fingerprint density at radius 3 is 2.00 bits per heavy atom. The average Bonchev–Trinajstić information content (AvgIpc) is 1.37. The Labute approximate surface area is 56.3 Å². The molecule has 0 saturated heterocycles. The van der Waals surface area contributed by atoms with Crippen molar-refractivity contribution in [2.75, 3.05) is 0 Å². The first-order valence-electron chi connectivity index (χ1n) is 1.13. The third-order valence-electron chi connectivity index (χ3n) is 0.126. The van der Waals surface area contributed by atoms with Crippen molar-refractivity contribution in [2.24, 2.45) is 0 Å². The van der Waals surface area contributed by atoms with E-state index in [0.29, 0.717) is 0 Å². The van der Waals surface area contributed by atoms with Crippen LogP contribution in [-0.2, 0) is 0 Å². The zero-order valence-corrected chi connectivity index (χ0v) is 5.41. The Kier molecular flexibility index (Phi) is 16.4. The van der Waals surface area contributed by atoms with Crippen molar-refractivity contribution < 1.29 is 2.85 Å². The molecule has 2 heteroatoms. The van der Waals surface area contributed by atoms with Crippen molar-refractivity contribution >= 4 is 34.7 Å². The summed E-state index contributed by atoms with van der Waals surface area (Å²) in [5.74, 6) is 0. The molecule has 0 amide bonds. The maximum Gasteiger partial charge on any atom is 2.00 e. The zero-order chi connectivity index (χ0) is 3.41. The molecule has 0 radical (unpaired) electrons. The Balaban J connectivity index is -0.0000000150. The van der Waals surface area contributed by atoms with Gasteiger partial charge in [-0.3, -0.25) is 0 Å². The molecule has 0 aliphatic rings. The molecule has 0 nitrogen and oxygen atoms in total. The van der Waals surface area contributed by atoms with Crippen molar-refractivity contribution in [3.05, 3.63) is 11.6 Å². The van der Waals surface area contributed by atoms with Gasteiger partial charge < -0.3 is 2.85 Å². The monoisotopic (exact) mass is 102 g/mol. The molecule has 28 valence electrons. The normalized spacial score (nSPS) is 7.60. The summed E-state index contributed by atoms with van der Waals surface area (Å²) in [5.41, 5.74) is 1.47. The summed E-state index contributed by atoms with van der Waals surface area (Å²) in [5, 5.41) is 0. The molecule has 0 aromatic carbocycles. The Morgan fingerprint density at radius 2 is 2.00 bits per heavy atom. The van der Waals surface area contributed by atoms with Crippen LogP contribution >= 0.6 is 11.6 Å². The van der Waals surface area contributed by atoms with Crippen molar-refractivity contribution in [3.63, 3.8) is 0 Å². The minimum Gasteiger partial charge on any atom is -1.00 e. The number of hydrogen-bond donors (Lipinski definition) is 0. The molecule has 0 spiro atoms. The molecular formula is C3H7ClMg. The summed E-state index contributed by atoms with van der Waals surface area (Å²) in [6.45, 7) is 1.87. The molecule has 0 atom stereocenters. The third-order valence-corrected chi connectivity index (χ3v) is 0.378. The second kappa shape index (κ2) is 8.84. The minimum absolute atomic E-state index is 0. The van der Waals surface area contributed by atoms with E-state index in [1.165, 1.54) is 5.54 Å². The molecule has 0 aliphatic heterocycles. The maximum absolute atomic E-state index is 5.01. The van der Waals surface area contributed by atoms with Gasteiger partial charge in [0.05, 0.1) is 0 Å². The molecular weight excluding hydrogens is 95.8 g/mol. The predicted octanol–water partition coefficient (Wildman–Crippen LogP) is 1.60.